The average molecular weight is 1940 g/mol. The fourth-order valence-electron chi connectivity index (χ4n) is 15.3. The number of rotatable bonds is 24. The number of hydrogen-bond acceptors (Lipinski definition) is 19. The summed E-state index contributed by atoms with van der Waals surface area (Å²) in [5.41, 5.74) is 14.3. The molecule has 0 radical (unpaired) electrons. The van der Waals surface area contributed by atoms with Crippen molar-refractivity contribution in [3.63, 3.8) is 0 Å². The van der Waals surface area contributed by atoms with Crippen LogP contribution >= 0.6 is 0 Å². The highest BCUT2D eigenvalue weighted by Gasteiger charge is 2.41. The quantitative estimate of drug-likeness (QED) is 0.0142. The Morgan fingerprint density at radius 3 is 0.757 bits per heavy atom. The van der Waals surface area contributed by atoms with Crippen LogP contribution in [0.2, 0.25) is 0 Å². The molecule has 734 valence electrons. The number of nitrogens with zero attached hydrogens (tertiary/aromatic N) is 3. The zero-order valence-electron chi connectivity index (χ0n) is 81.6. The van der Waals surface area contributed by atoms with Gasteiger partial charge in [-0.1, -0.05) is 234 Å². The van der Waals surface area contributed by atoms with E-state index in [1.807, 2.05) is 171 Å². The zero-order chi connectivity index (χ0) is 104. The molecule has 6 N–H and O–H groups in total. The van der Waals surface area contributed by atoms with Crippen LogP contribution in [0.3, 0.4) is 0 Å². The molecule has 0 atom stereocenters. The lowest BCUT2D eigenvalue weighted by Crippen LogP contribution is -2.31. The Morgan fingerprint density at radius 1 is 0.243 bits per heavy atom. The third kappa shape index (κ3) is 28.1. The first kappa shape index (κ1) is 108. The van der Waals surface area contributed by atoms with E-state index in [0.29, 0.717) is 81.7 Å². The van der Waals surface area contributed by atoms with E-state index in [-0.39, 0.29) is 57.3 Å². The van der Waals surface area contributed by atoms with Gasteiger partial charge < -0.3 is 54.6 Å². The van der Waals surface area contributed by atoms with Gasteiger partial charge in [-0.05, 0) is 242 Å². The Balaban J connectivity index is 0.000000194. The van der Waals surface area contributed by atoms with Crippen molar-refractivity contribution in [2.45, 2.75) is 78.6 Å². The number of carbonyl (C=O) groups excluding carboxylic acids is 9. The molecular weight excluding hydrogens is 1830 g/mol. The molecule has 27 nitrogen and oxygen atoms in total. The lowest BCUT2D eigenvalue weighted by Gasteiger charge is -2.26. The van der Waals surface area contributed by atoms with Gasteiger partial charge in [0.15, 0.2) is 0 Å². The van der Waals surface area contributed by atoms with Crippen LogP contribution in [-0.2, 0) is 45.1 Å². The third-order valence-electron chi connectivity index (χ3n) is 23.2. The summed E-state index contributed by atoms with van der Waals surface area (Å²) >= 11 is 0. The van der Waals surface area contributed by atoms with Crippen LogP contribution in [0.4, 0.5) is 34.1 Å². The number of ether oxygens (including phenoxy) is 6. The molecule has 18 rings (SSSR count). The number of methoxy groups -OCH3 is 3. The topological polar surface area (TPSA) is 359 Å². The molecule has 0 aliphatic carbocycles. The van der Waals surface area contributed by atoms with Gasteiger partial charge in [-0.2, -0.15) is 0 Å². The van der Waals surface area contributed by atoms with E-state index in [1.54, 1.807) is 143 Å². The third-order valence-corrected chi connectivity index (χ3v) is 23.2. The van der Waals surface area contributed by atoms with Gasteiger partial charge in [0.25, 0.3) is 48.4 Å². The van der Waals surface area contributed by atoms with Gasteiger partial charge in [-0.3, -0.25) is 58.0 Å². The second-order valence-electron chi connectivity index (χ2n) is 33.7. The van der Waals surface area contributed by atoms with Gasteiger partial charge >= 0.3 is 0 Å². The van der Waals surface area contributed by atoms with E-state index in [9.17, 15) is 43.2 Å². The Kier molecular flexibility index (Phi) is 38.9. The predicted octanol–water partition coefficient (Wildman–Crippen LogP) is 24.0. The fourth-order valence-corrected chi connectivity index (χ4v) is 15.3. The number of anilines is 6. The highest BCUT2D eigenvalue weighted by molar-refractivity contribution is 6.37. The van der Waals surface area contributed by atoms with Gasteiger partial charge in [0.1, 0.15) is 51.7 Å². The molecular formula is C117H110N6O21. The zero-order valence-corrected chi connectivity index (χ0v) is 81.6. The summed E-state index contributed by atoms with van der Waals surface area (Å²) < 4.78 is 33.8. The lowest BCUT2D eigenvalue weighted by molar-refractivity contribution is -0.214. The summed E-state index contributed by atoms with van der Waals surface area (Å²) in [6, 6.07) is 113. The molecule has 3 heterocycles. The SMILES string of the molecule is COO.COc1ccc(C(C)(C)c2ccc(Oc3ccc4c(c3)C(=O)N(c3cccc(N5C(=O)c6ccc(C)cc6C5=O)c3)C4=O)cc2)cc1.COc1ccc(C(C)(C)c2ccc(Oc3ccc4c(c3)C(=O)N(c3cccc(NC=O)c3)C4=O)cc2)cc1.COc1ccc(C(C)(C)c2ccc(Oc3ccccc3)cc2)cc1.Cc1ccccc1.Cc1ccccc1.O=CNc1cccc(NC=O)c1.O=CO.O=CO. The number of carboxylic acid groups (broad SMARTS) is 2. The van der Waals surface area contributed by atoms with Crippen LogP contribution in [-0.4, -0.2) is 112 Å². The smallest absolute Gasteiger partial charge is 0.290 e. The van der Waals surface area contributed by atoms with Crippen LogP contribution in [0.15, 0.2) is 364 Å². The number of para-hydroxylation sites is 1. The van der Waals surface area contributed by atoms with Crippen molar-refractivity contribution in [3.05, 3.63) is 447 Å². The molecule has 0 saturated heterocycles. The number of carbonyl (C=O) groups is 11. The van der Waals surface area contributed by atoms with Gasteiger partial charge in [0.05, 0.1) is 78.9 Å². The predicted molar refractivity (Wildman–Crippen MR) is 557 cm³/mol. The number of benzene rings is 15. The van der Waals surface area contributed by atoms with Gasteiger partial charge in [0, 0.05) is 33.3 Å². The molecule has 0 unspecified atom stereocenters. The minimum atomic E-state index is -0.526. The Bertz CT molecular complexity index is 6820. The largest absolute Gasteiger partial charge is 0.497 e. The molecule has 9 amide bonds. The monoisotopic (exact) mass is 1930 g/mol. The molecule has 15 aromatic carbocycles. The summed E-state index contributed by atoms with van der Waals surface area (Å²) in [5.74, 6) is 3.42. The van der Waals surface area contributed by atoms with Crippen molar-refractivity contribution in [2.24, 2.45) is 0 Å². The molecule has 144 heavy (non-hydrogen) atoms. The normalized spacial score (nSPS) is 11.7. The maximum atomic E-state index is 13.6. The maximum Gasteiger partial charge on any atom is 0.290 e. The minimum Gasteiger partial charge on any atom is -0.497 e. The first-order chi connectivity index (χ1) is 69.4. The van der Waals surface area contributed by atoms with Crippen LogP contribution < -0.4 is 59.1 Å². The second kappa shape index (κ2) is 52.0. The number of imide groups is 3. The van der Waals surface area contributed by atoms with Crippen LogP contribution in [0.5, 0.6) is 51.7 Å². The van der Waals surface area contributed by atoms with Crippen LogP contribution in [0, 0.1) is 20.8 Å². The molecule has 0 spiro atoms. The standard InChI is InChI=1S/C39H30N2O6.C31H26N2O5.C22H22O2.C8H8N2O2.2C7H8.CH4O2.2CH2O2/c1-23-8-18-31-33(20-23)37(44)40(35(31)42)26-6-5-7-27(21-26)41-36(43)32-19-17-30(22-34(32)38(41)45)47-29-15-11-25(12-16-29)39(2,3)24-9-13-28(46-4)14-10-24;1-31(2,20-7-11-24(37-3)12-8-20)21-9-13-25(14-10-21)38-26-15-16-27-28(18-26)30(36)33(29(27)35)23-6-4-5-22(17-23)32-19-34;1-22(2,17-9-13-19(23-3)14-10-17)18-11-15-21(16-12-18)24-20-7-5-4-6-8-20;11-5-9-7-2-1-3-8(4-7)10-6-12;2*1-7-5-3-2-4-6-7;1-3-2;2*2-1-3/h5-22H,1-4H3;4-19H,1-3H3,(H,32,34);4-16H,1-3H3;1-6H,(H,9,11)(H,10,12);2*2-6H,1H3;2H,1H3;2*1H,(H,2,3). The number of amides is 9. The summed E-state index contributed by atoms with van der Waals surface area (Å²) in [4.78, 5) is 134. The minimum absolute atomic E-state index is 0.0858. The maximum absolute atomic E-state index is 13.6. The summed E-state index contributed by atoms with van der Waals surface area (Å²) in [7, 11) is 6.16. The van der Waals surface area contributed by atoms with E-state index >= 15 is 0 Å². The van der Waals surface area contributed by atoms with Gasteiger partial charge in [-0.25, -0.2) is 19.6 Å². The summed E-state index contributed by atoms with van der Waals surface area (Å²) in [5, 5.41) is 28.3. The molecule has 3 aliphatic rings. The summed E-state index contributed by atoms with van der Waals surface area (Å²) in [6.45, 7) is 18.6. The van der Waals surface area contributed by atoms with E-state index in [1.165, 1.54) is 35.4 Å². The van der Waals surface area contributed by atoms with Crippen LogP contribution in [0.1, 0.15) is 154 Å². The number of nitrogens with one attached hydrogen (secondary N) is 3. The van der Waals surface area contributed by atoms with Gasteiger partial charge in [-0.15, -0.1) is 0 Å². The van der Waals surface area contributed by atoms with Crippen molar-refractivity contribution >= 4 is 102 Å². The first-order valence-corrected chi connectivity index (χ1v) is 45.0. The Morgan fingerprint density at radius 2 is 0.472 bits per heavy atom. The second-order valence-corrected chi connectivity index (χ2v) is 33.7. The van der Waals surface area contributed by atoms with E-state index in [0.717, 1.165) is 71.3 Å². The number of fused-ring (bicyclic) bond motifs is 3. The van der Waals surface area contributed by atoms with E-state index < -0.39 is 35.4 Å². The van der Waals surface area contributed by atoms with Crippen molar-refractivity contribution in [3.8, 4) is 51.7 Å². The molecule has 27 heteroatoms. The lowest BCUT2D eigenvalue weighted by atomic mass is 9.78. The van der Waals surface area contributed by atoms with Gasteiger partial charge in [0.2, 0.25) is 19.2 Å². The van der Waals surface area contributed by atoms with E-state index in [4.69, 9.17) is 53.5 Å². The number of hydrogen-bond donors (Lipinski definition) is 6. The average Bonchev–Trinajstić information content (AvgIpc) is 1.61. The Hall–Kier alpha value is -18.2. The molecule has 0 fully saturated rings. The summed E-state index contributed by atoms with van der Waals surface area (Å²) in [6.07, 6.45) is 1.71. The number of aryl methyl sites for hydroxylation is 3. The van der Waals surface area contributed by atoms with Crippen molar-refractivity contribution in [1.29, 1.82) is 0 Å². The Labute approximate surface area is 835 Å². The molecule has 15 aromatic rings. The van der Waals surface area contributed by atoms with Crippen molar-refractivity contribution < 1.29 is 102 Å². The molecule has 0 aromatic heterocycles. The molecule has 3 aliphatic heterocycles. The van der Waals surface area contributed by atoms with Crippen molar-refractivity contribution in [2.75, 3.05) is 59.1 Å². The van der Waals surface area contributed by atoms with Crippen LogP contribution in [0.25, 0.3) is 0 Å². The van der Waals surface area contributed by atoms with Crippen molar-refractivity contribution in [1.82, 2.24) is 0 Å². The van der Waals surface area contributed by atoms with E-state index in [2.05, 4.69) is 149 Å². The molecule has 0 bridgehead atoms. The fraction of sp³-hybridized carbons (Fsp3) is 0.137. The first-order valence-electron chi connectivity index (χ1n) is 45.0. The molecule has 0 saturated carbocycles. The highest BCUT2D eigenvalue weighted by atomic mass is 17.1. The highest BCUT2D eigenvalue weighted by Crippen LogP contribution is 2.42.